The van der Waals surface area contributed by atoms with E-state index in [1.165, 1.54) is 4.90 Å². The fraction of sp³-hybridized carbons (Fsp3) is 0.385. The summed E-state index contributed by atoms with van der Waals surface area (Å²) in [6.07, 6.45) is 0.141. The van der Waals surface area contributed by atoms with Gasteiger partial charge in [0.25, 0.3) is 5.91 Å². The molecule has 6 heteroatoms. The second kappa shape index (κ2) is 6.14. The summed E-state index contributed by atoms with van der Waals surface area (Å²) < 4.78 is 26.7. The molecule has 0 saturated carbocycles. The van der Waals surface area contributed by atoms with Crippen LogP contribution in [-0.2, 0) is 0 Å². The number of halogens is 2. The maximum absolute atomic E-state index is 13.6. The number of hydrogen-bond acceptors (Lipinski definition) is 3. The van der Waals surface area contributed by atoms with E-state index in [1.807, 2.05) is 6.07 Å². The first-order chi connectivity index (χ1) is 8.88. The summed E-state index contributed by atoms with van der Waals surface area (Å²) in [4.78, 5) is 13.5. The number of rotatable bonds is 4. The van der Waals surface area contributed by atoms with Crippen LogP contribution >= 0.6 is 0 Å². The van der Waals surface area contributed by atoms with Crippen LogP contribution in [0.4, 0.5) is 14.5 Å². The highest BCUT2D eigenvalue weighted by Gasteiger charge is 2.22. The highest BCUT2D eigenvalue weighted by Crippen LogP contribution is 2.19. The van der Waals surface area contributed by atoms with Crippen molar-refractivity contribution in [3.05, 3.63) is 29.3 Å². The molecule has 0 aromatic heterocycles. The molecule has 19 heavy (non-hydrogen) atoms. The Hall–Kier alpha value is -2.16. The lowest BCUT2D eigenvalue weighted by Gasteiger charge is -2.26. The third-order valence-electron chi connectivity index (χ3n) is 2.67. The zero-order valence-electron chi connectivity index (χ0n) is 10.8. The molecule has 1 aromatic carbocycles. The zero-order chi connectivity index (χ0) is 14.6. The van der Waals surface area contributed by atoms with Gasteiger partial charge in [-0.05, 0) is 19.9 Å². The number of nitriles is 1. The second-order valence-corrected chi connectivity index (χ2v) is 4.35. The fourth-order valence-electron chi connectivity index (χ4n) is 1.65. The van der Waals surface area contributed by atoms with Crippen LogP contribution in [0.5, 0.6) is 0 Å². The number of nitrogens with two attached hydrogens (primary N) is 1. The van der Waals surface area contributed by atoms with Crippen molar-refractivity contribution in [2.45, 2.75) is 26.3 Å². The summed E-state index contributed by atoms with van der Waals surface area (Å²) >= 11 is 0. The van der Waals surface area contributed by atoms with Gasteiger partial charge in [-0.15, -0.1) is 0 Å². The summed E-state index contributed by atoms with van der Waals surface area (Å²) in [6.45, 7) is 3.68. The van der Waals surface area contributed by atoms with Crippen LogP contribution in [0.15, 0.2) is 12.1 Å². The van der Waals surface area contributed by atoms with Crippen LogP contribution in [0.2, 0.25) is 0 Å². The number of nitrogens with zero attached hydrogens (tertiary/aromatic N) is 2. The van der Waals surface area contributed by atoms with Crippen molar-refractivity contribution in [1.82, 2.24) is 4.90 Å². The monoisotopic (exact) mass is 267 g/mol. The second-order valence-electron chi connectivity index (χ2n) is 4.35. The summed E-state index contributed by atoms with van der Waals surface area (Å²) in [7, 11) is 0. The van der Waals surface area contributed by atoms with E-state index in [1.54, 1.807) is 13.8 Å². The highest BCUT2D eigenvalue weighted by atomic mass is 19.1. The summed E-state index contributed by atoms with van der Waals surface area (Å²) in [5.41, 5.74) is 4.77. The molecule has 0 heterocycles. The molecule has 0 radical (unpaired) electrons. The van der Waals surface area contributed by atoms with Crippen LogP contribution in [0.25, 0.3) is 0 Å². The molecule has 0 aliphatic heterocycles. The SMILES string of the molecule is CC(C)N(CCC#N)C(=O)c1cc(N)c(F)cc1F. The average molecular weight is 267 g/mol. The Morgan fingerprint density at radius 2 is 2.05 bits per heavy atom. The number of benzene rings is 1. The zero-order valence-corrected chi connectivity index (χ0v) is 10.8. The Balaban J connectivity index is 3.10. The number of anilines is 1. The first-order valence-corrected chi connectivity index (χ1v) is 5.81. The van der Waals surface area contributed by atoms with Crippen molar-refractivity contribution >= 4 is 11.6 Å². The van der Waals surface area contributed by atoms with E-state index in [4.69, 9.17) is 11.0 Å². The molecule has 0 bridgehead atoms. The van der Waals surface area contributed by atoms with Gasteiger partial charge in [0.15, 0.2) is 0 Å². The Morgan fingerprint density at radius 3 is 2.58 bits per heavy atom. The van der Waals surface area contributed by atoms with Crippen molar-refractivity contribution in [3.63, 3.8) is 0 Å². The van der Waals surface area contributed by atoms with Gasteiger partial charge in [-0.1, -0.05) is 0 Å². The predicted molar refractivity (Wildman–Crippen MR) is 67.2 cm³/mol. The Labute approximate surface area is 110 Å². The third kappa shape index (κ3) is 3.41. The molecule has 1 rings (SSSR count). The van der Waals surface area contributed by atoms with Crippen molar-refractivity contribution in [3.8, 4) is 6.07 Å². The van der Waals surface area contributed by atoms with Gasteiger partial charge in [0.1, 0.15) is 11.6 Å². The maximum Gasteiger partial charge on any atom is 0.257 e. The molecule has 0 aliphatic carbocycles. The van der Waals surface area contributed by atoms with Crippen LogP contribution in [0, 0.1) is 23.0 Å². The smallest absolute Gasteiger partial charge is 0.257 e. The van der Waals surface area contributed by atoms with Gasteiger partial charge in [-0.25, -0.2) is 8.78 Å². The molecule has 1 aromatic rings. The number of nitrogen functional groups attached to an aromatic ring is 1. The van der Waals surface area contributed by atoms with E-state index in [0.717, 1.165) is 6.07 Å². The molecule has 102 valence electrons. The molecule has 4 nitrogen and oxygen atoms in total. The van der Waals surface area contributed by atoms with E-state index in [0.29, 0.717) is 6.07 Å². The summed E-state index contributed by atoms with van der Waals surface area (Å²) in [5, 5.41) is 8.55. The number of amides is 1. The van der Waals surface area contributed by atoms with Gasteiger partial charge < -0.3 is 10.6 Å². The fourth-order valence-corrected chi connectivity index (χ4v) is 1.65. The Morgan fingerprint density at radius 1 is 1.42 bits per heavy atom. The van der Waals surface area contributed by atoms with Gasteiger partial charge in [-0.2, -0.15) is 5.26 Å². The number of carbonyl (C=O) groups excluding carboxylic acids is 1. The minimum atomic E-state index is -0.959. The lowest BCUT2D eigenvalue weighted by atomic mass is 10.1. The molecular weight excluding hydrogens is 252 g/mol. The Kier molecular flexibility index (Phi) is 4.81. The van der Waals surface area contributed by atoms with Crippen molar-refractivity contribution < 1.29 is 13.6 Å². The van der Waals surface area contributed by atoms with Crippen molar-refractivity contribution in [1.29, 1.82) is 5.26 Å². The molecule has 0 fully saturated rings. The van der Waals surface area contributed by atoms with Gasteiger partial charge in [-0.3, -0.25) is 4.79 Å². The van der Waals surface area contributed by atoms with Crippen molar-refractivity contribution in [2.75, 3.05) is 12.3 Å². The van der Waals surface area contributed by atoms with Gasteiger partial charge in [0, 0.05) is 18.7 Å². The molecule has 0 aliphatic rings. The van der Waals surface area contributed by atoms with E-state index in [2.05, 4.69) is 0 Å². The third-order valence-corrected chi connectivity index (χ3v) is 2.67. The molecule has 2 N–H and O–H groups in total. The molecule has 1 amide bonds. The minimum absolute atomic E-state index is 0.141. The summed E-state index contributed by atoms with van der Waals surface area (Å²) in [6, 6.07) is 3.29. The van der Waals surface area contributed by atoms with E-state index in [9.17, 15) is 13.6 Å². The molecule has 0 unspecified atom stereocenters. The van der Waals surface area contributed by atoms with Crippen LogP contribution in [0.1, 0.15) is 30.6 Å². The maximum atomic E-state index is 13.6. The number of carbonyl (C=O) groups is 1. The largest absolute Gasteiger partial charge is 0.396 e. The first kappa shape index (κ1) is 14.9. The van der Waals surface area contributed by atoms with E-state index >= 15 is 0 Å². The average Bonchev–Trinajstić information content (AvgIpc) is 2.33. The standard InChI is InChI=1S/C13H15F2N3O/c1-8(2)18(5-3-4-16)13(19)9-6-12(17)11(15)7-10(9)14/h6-8H,3,5,17H2,1-2H3. The van der Waals surface area contributed by atoms with Crippen molar-refractivity contribution in [2.24, 2.45) is 0 Å². The molecular formula is C13H15F2N3O. The van der Waals surface area contributed by atoms with Crippen LogP contribution < -0.4 is 5.73 Å². The number of hydrogen-bond donors (Lipinski definition) is 1. The lowest BCUT2D eigenvalue weighted by molar-refractivity contribution is 0.0705. The predicted octanol–water partition coefficient (Wildman–Crippen LogP) is 2.31. The molecule has 0 atom stereocenters. The summed E-state index contributed by atoms with van der Waals surface area (Å²) in [5.74, 6) is -2.46. The normalized spacial score (nSPS) is 10.3. The highest BCUT2D eigenvalue weighted by molar-refractivity contribution is 5.95. The molecule has 0 saturated heterocycles. The van der Waals surface area contributed by atoms with E-state index < -0.39 is 17.5 Å². The van der Waals surface area contributed by atoms with Crippen LogP contribution in [0.3, 0.4) is 0 Å². The molecule has 0 spiro atoms. The quantitative estimate of drug-likeness (QED) is 0.851. The van der Waals surface area contributed by atoms with Gasteiger partial charge in [0.2, 0.25) is 0 Å². The van der Waals surface area contributed by atoms with E-state index in [-0.39, 0.29) is 30.3 Å². The topological polar surface area (TPSA) is 70.1 Å². The van der Waals surface area contributed by atoms with Gasteiger partial charge in [0.05, 0.1) is 23.7 Å². The van der Waals surface area contributed by atoms with Crippen LogP contribution in [-0.4, -0.2) is 23.4 Å². The first-order valence-electron chi connectivity index (χ1n) is 5.81. The van der Waals surface area contributed by atoms with Gasteiger partial charge >= 0.3 is 0 Å². The Bertz CT molecular complexity index is 523. The minimum Gasteiger partial charge on any atom is -0.396 e. The lowest BCUT2D eigenvalue weighted by Crippen LogP contribution is -2.38.